The highest BCUT2D eigenvalue weighted by Crippen LogP contribution is 2.46. The molecular weight excluding hydrogens is 533 g/mol. The van der Waals surface area contributed by atoms with E-state index >= 15 is 0 Å². The Balaban J connectivity index is 1.29. The van der Waals surface area contributed by atoms with Gasteiger partial charge in [0.1, 0.15) is 54.2 Å². The first-order chi connectivity index (χ1) is 18.7. The fourth-order valence-electron chi connectivity index (χ4n) is 4.36. The number of aliphatic hydroxyl groups is 2. The van der Waals surface area contributed by atoms with Crippen LogP contribution in [-0.4, -0.2) is 81.1 Å². The van der Waals surface area contributed by atoms with Gasteiger partial charge in [0.05, 0.1) is 25.5 Å². The van der Waals surface area contributed by atoms with Gasteiger partial charge in [-0.05, 0) is 31.2 Å². The highest BCUT2D eigenvalue weighted by atomic mass is 31.2. The summed E-state index contributed by atoms with van der Waals surface area (Å²) in [6, 6.07) is 10.5. The monoisotopic (exact) mass is 563 g/mol. The van der Waals surface area contributed by atoms with Gasteiger partial charge in [0.25, 0.3) is 0 Å². The highest BCUT2D eigenvalue weighted by molar-refractivity contribution is 7.52. The normalized spacial score (nSPS) is 27.3. The lowest BCUT2D eigenvalue weighted by Gasteiger charge is -2.25. The van der Waals surface area contributed by atoms with Crippen molar-refractivity contribution < 1.29 is 42.8 Å². The second-order valence-corrected chi connectivity index (χ2v) is 10.9. The van der Waals surface area contributed by atoms with E-state index in [9.17, 15) is 19.6 Å². The van der Waals surface area contributed by atoms with Gasteiger partial charge in [-0.3, -0.25) is 9.32 Å². The molecule has 4 heterocycles. The number of para-hydroxylation sites is 1. The zero-order valence-electron chi connectivity index (χ0n) is 21.0. The van der Waals surface area contributed by atoms with Gasteiger partial charge in [-0.25, -0.2) is 14.1 Å². The lowest BCUT2D eigenvalue weighted by atomic mass is 10.1. The van der Waals surface area contributed by atoms with Crippen LogP contribution in [0.15, 0.2) is 48.8 Å². The lowest BCUT2D eigenvalue weighted by molar-refractivity contribution is -0.150. The van der Waals surface area contributed by atoms with Crippen molar-refractivity contribution in [2.45, 2.75) is 49.9 Å². The predicted molar refractivity (Wildman–Crippen MR) is 136 cm³/mol. The smallest absolute Gasteiger partial charge is 0.459 e. The predicted octanol–water partition coefficient (Wildman–Crippen LogP) is 0.987. The number of carbonyl (C=O) groups is 1. The molecule has 3 aromatic rings. The van der Waals surface area contributed by atoms with Crippen molar-refractivity contribution in [3.8, 4) is 5.75 Å². The molecule has 0 bridgehead atoms. The second-order valence-electron chi connectivity index (χ2n) is 9.25. The molecule has 39 heavy (non-hydrogen) atoms. The van der Waals surface area contributed by atoms with Crippen molar-refractivity contribution in [3.63, 3.8) is 0 Å². The minimum Gasteiger partial charge on any atom is -0.459 e. The number of ether oxygens (including phenoxy) is 3. The van der Waals surface area contributed by atoms with Gasteiger partial charge in [0.15, 0.2) is 5.82 Å². The Morgan fingerprint density at radius 2 is 2.05 bits per heavy atom. The molecule has 0 aliphatic carbocycles. The number of aromatic nitrogens is 3. The quantitative estimate of drug-likeness (QED) is 0.202. The molecule has 2 fully saturated rings. The molecular formula is C24H30N5O9P. The molecule has 0 unspecified atom stereocenters. The summed E-state index contributed by atoms with van der Waals surface area (Å²) in [5.41, 5.74) is 6.83. The van der Waals surface area contributed by atoms with E-state index in [4.69, 9.17) is 29.0 Å². The van der Waals surface area contributed by atoms with Crippen molar-refractivity contribution in [2.24, 2.45) is 0 Å². The Morgan fingerprint density at radius 3 is 2.79 bits per heavy atom. The topological polar surface area (TPSA) is 189 Å². The van der Waals surface area contributed by atoms with Crippen LogP contribution >= 0.6 is 7.75 Å². The minimum absolute atomic E-state index is 0.223. The molecule has 0 radical (unpaired) electrons. The molecule has 5 rings (SSSR count). The summed E-state index contributed by atoms with van der Waals surface area (Å²) in [7, 11) is -4.22. The third-order valence-corrected chi connectivity index (χ3v) is 8.06. The standard InChI is InChI=1S/C24H30N5O9P/c1-14(24(32)36-16-9-10-34-11-16)28-39(33,38-15-5-3-2-4-6-15)35-12-19-20(30)21(31)22(37-19)17-7-8-18-23(25)26-13-27-29(17)18/h2-8,13-14,16,19-22,30-31H,9-12H2,1H3,(H,28,33)(H2,25,26,27)/t14-,16-,19+,20+,21+,22-,39-/m0/s1. The Labute approximate surface area is 223 Å². The molecule has 1 aromatic carbocycles. The molecule has 2 saturated heterocycles. The van der Waals surface area contributed by atoms with Crippen LogP contribution in [0.4, 0.5) is 5.82 Å². The van der Waals surface area contributed by atoms with Gasteiger partial charge in [0, 0.05) is 6.42 Å². The first-order valence-electron chi connectivity index (χ1n) is 12.4. The number of rotatable bonds is 10. The summed E-state index contributed by atoms with van der Waals surface area (Å²) in [6.07, 6.45) is -3.38. The number of nitrogen functional groups attached to an aromatic ring is 1. The average Bonchev–Trinajstić information content (AvgIpc) is 3.65. The number of anilines is 1. The number of carbonyl (C=O) groups excluding carboxylic acids is 1. The van der Waals surface area contributed by atoms with Crippen LogP contribution in [0.2, 0.25) is 0 Å². The van der Waals surface area contributed by atoms with Gasteiger partial charge in [-0.2, -0.15) is 10.2 Å². The lowest BCUT2D eigenvalue weighted by Crippen LogP contribution is -2.38. The van der Waals surface area contributed by atoms with Crippen LogP contribution in [0.25, 0.3) is 5.52 Å². The molecule has 2 aromatic heterocycles. The molecule has 14 nitrogen and oxygen atoms in total. The maximum absolute atomic E-state index is 13.8. The largest absolute Gasteiger partial charge is 0.459 e. The molecule has 2 aliphatic heterocycles. The number of nitrogens with two attached hydrogens (primary N) is 1. The van der Waals surface area contributed by atoms with Crippen molar-refractivity contribution in [1.29, 1.82) is 0 Å². The number of hydrogen-bond acceptors (Lipinski definition) is 12. The number of fused-ring (bicyclic) bond motifs is 1. The molecule has 210 valence electrons. The van der Waals surface area contributed by atoms with Crippen LogP contribution in [-0.2, 0) is 28.1 Å². The Bertz CT molecular complexity index is 1340. The summed E-state index contributed by atoms with van der Waals surface area (Å²) in [4.78, 5) is 16.5. The van der Waals surface area contributed by atoms with Gasteiger partial charge >= 0.3 is 13.7 Å². The Kier molecular flexibility index (Phi) is 8.14. The summed E-state index contributed by atoms with van der Waals surface area (Å²) in [6.45, 7) is 1.82. The van der Waals surface area contributed by atoms with Crippen LogP contribution in [0, 0.1) is 0 Å². The number of nitrogens with zero attached hydrogens (tertiary/aromatic N) is 3. The van der Waals surface area contributed by atoms with Crippen molar-refractivity contribution in [3.05, 3.63) is 54.5 Å². The van der Waals surface area contributed by atoms with Gasteiger partial charge in [-0.1, -0.05) is 18.2 Å². The second kappa shape index (κ2) is 11.6. The maximum Gasteiger partial charge on any atom is 0.459 e. The van der Waals surface area contributed by atoms with Crippen LogP contribution in [0.5, 0.6) is 5.75 Å². The van der Waals surface area contributed by atoms with E-state index in [0.29, 0.717) is 30.8 Å². The minimum atomic E-state index is -4.22. The Morgan fingerprint density at radius 1 is 1.26 bits per heavy atom. The molecule has 0 spiro atoms. The molecule has 0 amide bonds. The van der Waals surface area contributed by atoms with Crippen molar-refractivity contribution in [2.75, 3.05) is 25.6 Å². The van der Waals surface area contributed by atoms with Crippen LogP contribution < -0.4 is 15.3 Å². The van der Waals surface area contributed by atoms with E-state index in [2.05, 4.69) is 15.2 Å². The molecule has 5 N–H and O–H groups in total. The van der Waals surface area contributed by atoms with Crippen LogP contribution in [0.1, 0.15) is 25.1 Å². The van der Waals surface area contributed by atoms with E-state index in [1.807, 2.05) is 0 Å². The maximum atomic E-state index is 13.8. The number of aliphatic hydroxyl groups excluding tert-OH is 2. The summed E-state index contributed by atoms with van der Waals surface area (Å²) >= 11 is 0. The zero-order valence-corrected chi connectivity index (χ0v) is 21.9. The number of esters is 1. The molecule has 0 saturated carbocycles. The molecule has 15 heteroatoms. The van der Waals surface area contributed by atoms with Gasteiger partial charge < -0.3 is 34.7 Å². The fourth-order valence-corrected chi connectivity index (χ4v) is 5.87. The highest BCUT2D eigenvalue weighted by Gasteiger charge is 2.46. The van der Waals surface area contributed by atoms with E-state index < -0.39 is 50.8 Å². The van der Waals surface area contributed by atoms with E-state index in [0.717, 1.165) is 0 Å². The third kappa shape index (κ3) is 6.07. The number of hydrogen-bond donors (Lipinski definition) is 4. The van der Waals surface area contributed by atoms with Gasteiger partial charge in [0.2, 0.25) is 0 Å². The third-order valence-electron chi connectivity index (χ3n) is 6.42. The zero-order chi connectivity index (χ0) is 27.6. The fraction of sp³-hybridized carbons (Fsp3) is 0.458. The molecule has 2 aliphatic rings. The first kappa shape index (κ1) is 27.5. The number of nitrogens with one attached hydrogen (secondary N) is 1. The van der Waals surface area contributed by atoms with Crippen molar-refractivity contribution >= 4 is 25.1 Å². The summed E-state index contributed by atoms with van der Waals surface area (Å²) < 4.78 is 43.0. The van der Waals surface area contributed by atoms with E-state index in [1.165, 1.54) is 17.8 Å². The van der Waals surface area contributed by atoms with E-state index in [-0.39, 0.29) is 17.7 Å². The number of benzene rings is 1. The van der Waals surface area contributed by atoms with Crippen molar-refractivity contribution in [1.82, 2.24) is 19.7 Å². The molecule has 7 atom stereocenters. The average molecular weight is 564 g/mol. The summed E-state index contributed by atoms with van der Waals surface area (Å²) in [5, 5.41) is 28.2. The first-order valence-corrected chi connectivity index (χ1v) is 13.9. The SMILES string of the molecule is C[C@H](N[P@](=O)(OC[C@H]1O[C@@H](c2ccc3c(N)ncnn23)[C@H](O)[C@@H]1O)Oc1ccccc1)C(=O)O[C@H]1CCOC1. The van der Waals surface area contributed by atoms with E-state index in [1.54, 1.807) is 42.5 Å². The van der Waals surface area contributed by atoms with Crippen LogP contribution in [0.3, 0.4) is 0 Å². The summed E-state index contributed by atoms with van der Waals surface area (Å²) in [5.74, 6) is -0.192. The van der Waals surface area contributed by atoms with Gasteiger partial charge in [-0.15, -0.1) is 0 Å². The Hall–Kier alpha value is -3.10.